The Bertz CT molecular complexity index is 445. The van der Waals surface area contributed by atoms with Gasteiger partial charge < -0.3 is 11.1 Å². The summed E-state index contributed by atoms with van der Waals surface area (Å²) in [6.07, 6.45) is -1.56. The molecule has 0 radical (unpaired) electrons. The number of alkyl halides is 3. The van der Waals surface area contributed by atoms with Crippen LogP contribution in [0.15, 0.2) is 18.2 Å². The van der Waals surface area contributed by atoms with Gasteiger partial charge in [0.1, 0.15) is 5.82 Å². The maximum absolute atomic E-state index is 13.6. The van der Waals surface area contributed by atoms with Crippen LogP contribution in [0, 0.1) is 11.7 Å². The maximum Gasteiger partial charge on any atom is 0.416 e. The van der Waals surface area contributed by atoms with Crippen molar-refractivity contribution < 1.29 is 17.6 Å². The third-order valence-electron chi connectivity index (χ3n) is 3.57. The molecule has 6 heteroatoms. The fourth-order valence-electron chi connectivity index (χ4n) is 2.39. The normalized spacial score (nSPS) is 23.6. The first-order valence-corrected chi connectivity index (χ1v) is 6.24. The van der Waals surface area contributed by atoms with Gasteiger partial charge in [-0.25, -0.2) is 4.39 Å². The Labute approximate surface area is 109 Å². The largest absolute Gasteiger partial charge is 0.416 e. The van der Waals surface area contributed by atoms with Crippen LogP contribution in [0.5, 0.6) is 0 Å². The molecule has 2 rings (SSSR count). The summed E-state index contributed by atoms with van der Waals surface area (Å²) in [5.74, 6) is -0.636. The molecule has 1 aromatic carbocycles. The zero-order valence-corrected chi connectivity index (χ0v) is 10.3. The lowest BCUT2D eigenvalue weighted by atomic mass is 10.0. The molecule has 106 valence electrons. The van der Waals surface area contributed by atoms with Crippen LogP contribution in [0.1, 0.15) is 24.8 Å². The summed E-state index contributed by atoms with van der Waals surface area (Å²) in [5, 5.41) is 2.84. The molecule has 1 aliphatic carbocycles. The van der Waals surface area contributed by atoms with E-state index in [1.807, 2.05) is 0 Å². The van der Waals surface area contributed by atoms with E-state index in [9.17, 15) is 17.6 Å². The van der Waals surface area contributed by atoms with Gasteiger partial charge in [-0.15, -0.1) is 0 Å². The molecule has 0 heterocycles. The second-order valence-corrected chi connectivity index (χ2v) is 4.93. The standard InChI is InChI=1S/C13H16F4N2/c14-10-6-9(13(15,16)17)4-5-12(10)19-7-8-2-1-3-11(8)18/h4-6,8,11,19H,1-3,7,18H2. The Morgan fingerprint density at radius 2 is 2.00 bits per heavy atom. The van der Waals surface area contributed by atoms with E-state index in [1.54, 1.807) is 0 Å². The summed E-state index contributed by atoms with van der Waals surface area (Å²) in [4.78, 5) is 0. The van der Waals surface area contributed by atoms with Gasteiger partial charge in [0.15, 0.2) is 0 Å². The topological polar surface area (TPSA) is 38.0 Å². The smallest absolute Gasteiger partial charge is 0.382 e. The third-order valence-corrected chi connectivity index (χ3v) is 3.57. The van der Waals surface area contributed by atoms with Crippen molar-refractivity contribution in [2.45, 2.75) is 31.5 Å². The Morgan fingerprint density at radius 3 is 2.53 bits per heavy atom. The van der Waals surface area contributed by atoms with Gasteiger partial charge in [0.05, 0.1) is 11.3 Å². The lowest BCUT2D eigenvalue weighted by Gasteiger charge is -2.17. The molecule has 0 spiro atoms. The molecular formula is C13H16F4N2. The first-order chi connectivity index (χ1) is 8.88. The minimum absolute atomic E-state index is 0.0880. The molecule has 0 aliphatic heterocycles. The molecule has 2 nitrogen and oxygen atoms in total. The highest BCUT2D eigenvalue weighted by atomic mass is 19.4. The van der Waals surface area contributed by atoms with Crippen LogP contribution in [0.3, 0.4) is 0 Å². The van der Waals surface area contributed by atoms with Gasteiger partial charge in [-0.3, -0.25) is 0 Å². The number of halogens is 4. The summed E-state index contributed by atoms with van der Waals surface area (Å²) in [6.45, 7) is 0.490. The van der Waals surface area contributed by atoms with Crippen molar-refractivity contribution in [3.8, 4) is 0 Å². The van der Waals surface area contributed by atoms with E-state index in [-0.39, 0.29) is 17.6 Å². The number of nitrogens with two attached hydrogens (primary N) is 1. The number of benzene rings is 1. The van der Waals surface area contributed by atoms with Crippen LogP contribution in [-0.2, 0) is 6.18 Å². The van der Waals surface area contributed by atoms with Crippen molar-refractivity contribution in [2.75, 3.05) is 11.9 Å². The van der Waals surface area contributed by atoms with Crippen LogP contribution >= 0.6 is 0 Å². The predicted octanol–water partition coefficient (Wildman–Crippen LogP) is 3.38. The molecule has 2 unspecified atom stereocenters. The molecule has 0 aromatic heterocycles. The maximum atomic E-state index is 13.6. The fraction of sp³-hybridized carbons (Fsp3) is 0.538. The average molecular weight is 276 g/mol. The summed E-state index contributed by atoms with van der Waals surface area (Å²) in [6, 6.07) is 2.60. The van der Waals surface area contributed by atoms with Crippen LogP contribution in [0.4, 0.5) is 23.2 Å². The minimum Gasteiger partial charge on any atom is -0.382 e. The average Bonchev–Trinajstić information content (AvgIpc) is 2.72. The van der Waals surface area contributed by atoms with Gasteiger partial charge in [-0.2, -0.15) is 13.2 Å². The molecule has 0 bridgehead atoms. The lowest BCUT2D eigenvalue weighted by molar-refractivity contribution is -0.137. The van der Waals surface area contributed by atoms with Crippen LogP contribution in [-0.4, -0.2) is 12.6 Å². The highest BCUT2D eigenvalue weighted by molar-refractivity contribution is 5.47. The number of hydrogen-bond acceptors (Lipinski definition) is 2. The number of hydrogen-bond donors (Lipinski definition) is 2. The lowest BCUT2D eigenvalue weighted by Crippen LogP contribution is -2.29. The van der Waals surface area contributed by atoms with Crippen molar-refractivity contribution in [3.05, 3.63) is 29.6 Å². The summed E-state index contributed by atoms with van der Waals surface area (Å²) >= 11 is 0. The van der Waals surface area contributed by atoms with Crippen molar-refractivity contribution in [1.29, 1.82) is 0 Å². The molecule has 1 fully saturated rings. The monoisotopic (exact) mass is 276 g/mol. The van der Waals surface area contributed by atoms with Gasteiger partial charge in [-0.1, -0.05) is 6.42 Å². The Hall–Kier alpha value is -1.30. The quantitative estimate of drug-likeness (QED) is 0.830. The Balaban J connectivity index is 2.01. The van der Waals surface area contributed by atoms with Crippen molar-refractivity contribution in [2.24, 2.45) is 11.7 Å². The predicted molar refractivity (Wildman–Crippen MR) is 65.2 cm³/mol. The first-order valence-electron chi connectivity index (χ1n) is 6.24. The fourth-order valence-corrected chi connectivity index (χ4v) is 2.39. The van der Waals surface area contributed by atoms with Gasteiger partial charge in [0.2, 0.25) is 0 Å². The van der Waals surface area contributed by atoms with E-state index in [1.165, 1.54) is 0 Å². The second kappa shape index (κ2) is 5.36. The molecule has 19 heavy (non-hydrogen) atoms. The van der Waals surface area contributed by atoms with Gasteiger partial charge >= 0.3 is 6.18 Å². The number of anilines is 1. The van der Waals surface area contributed by atoms with Crippen LogP contribution in [0.25, 0.3) is 0 Å². The van der Waals surface area contributed by atoms with Crippen molar-refractivity contribution >= 4 is 5.69 Å². The molecule has 0 saturated heterocycles. The molecule has 0 amide bonds. The SMILES string of the molecule is NC1CCCC1CNc1ccc(C(F)(F)F)cc1F. The van der Waals surface area contributed by atoms with Crippen molar-refractivity contribution in [1.82, 2.24) is 0 Å². The zero-order valence-electron chi connectivity index (χ0n) is 10.3. The summed E-state index contributed by atoms with van der Waals surface area (Å²) < 4.78 is 50.7. The molecule has 1 saturated carbocycles. The second-order valence-electron chi connectivity index (χ2n) is 4.93. The zero-order chi connectivity index (χ0) is 14.0. The van der Waals surface area contributed by atoms with Gasteiger partial charge in [0.25, 0.3) is 0 Å². The molecule has 3 N–H and O–H groups in total. The number of rotatable bonds is 3. The third kappa shape index (κ3) is 3.37. The van der Waals surface area contributed by atoms with E-state index in [0.29, 0.717) is 12.6 Å². The van der Waals surface area contributed by atoms with Gasteiger partial charge in [-0.05, 0) is 37.0 Å². The highest BCUT2D eigenvalue weighted by Gasteiger charge is 2.31. The molecule has 2 atom stereocenters. The molecular weight excluding hydrogens is 260 g/mol. The summed E-state index contributed by atoms with van der Waals surface area (Å²) in [5.41, 5.74) is 4.99. The first kappa shape index (κ1) is 14.1. The highest BCUT2D eigenvalue weighted by Crippen LogP contribution is 2.31. The molecule has 1 aromatic rings. The summed E-state index contributed by atoms with van der Waals surface area (Å²) in [7, 11) is 0. The Morgan fingerprint density at radius 1 is 1.26 bits per heavy atom. The van der Waals surface area contributed by atoms with E-state index >= 15 is 0 Å². The Kier molecular flexibility index (Phi) is 3.99. The van der Waals surface area contributed by atoms with E-state index < -0.39 is 17.6 Å². The van der Waals surface area contributed by atoms with E-state index in [0.717, 1.165) is 31.4 Å². The van der Waals surface area contributed by atoms with E-state index in [2.05, 4.69) is 5.32 Å². The van der Waals surface area contributed by atoms with Crippen LogP contribution in [0.2, 0.25) is 0 Å². The minimum atomic E-state index is -4.52. The van der Waals surface area contributed by atoms with E-state index in [4.69, 9.17) is 5.73 Å². The molecule has 1 aliphatic rings. The number of nitrogens with one attached hydrogen (secondary N) is 1. The van der Waals surface area contributed by atoms with Crippen molar-refractivity contribution in [3.63, 3.8) is 0 Å². The van der Waals surface area contributed by atoms with Crippen LogP contribution < -0.4 is 11.1 Å². The van der Waals surface area contributed by atoms with Gasteiger partial charge in [0, 0.05) is 12.6 Å².